The highest BCUT2D eigenvalue weighted by Gasteiger charge is 2.19. The molecule has 6 heteroatoms. The largest absolute Gasteiger partial charge is 0.464 e. The van der Waals surface area contributed by atoms with Gasteiger partial charge in [0.05, 0.1) is 6.61 Å². The van der Waals surface area contributed by atoms with Crippen molar-refractivity contribution in [2.45, 2.75) is 39.2 Å². The Hall–Kier alpha value is -1.59. The predicted octanol–water partition coefficient (Wildman–Crippen LogP) is 1.67. The second-order valence-corrected chi connectivity index (χ2v) is 4.00. The van der Waals surface area contributed by atoms with Crippen molar-refractivity contribution in [3.63, 3.8) is 0 Å². The number of aromatic nitrogens is 3. The molecular weight excluding hydrogens is 218 g/mol. The lowest BCUT2D eigenvalue weighted by atomic mass is 9.93. The van der Waals surface area contributed by atoms with E-state index in [1.807, 2.05) is 13.8 Å². The first-order valence-corrected chi connectivity index (χ1v) is 6.21. The summed E-state index contributed by atoms with van der Waals surface area (Å²) in [5.74, 6) is 1.16. The predicted molar refractivity (Wildman–Crippen MR) is 66.4 cm³/mol. The van der Waals surface area contributed by atoms with Crippen molar-refractivity contribution in [2.75, 3.05) is 23.8 Å². The van der Waals surface area contributed by atoms with Crippen LogP contribution in [0.5, 0.6) is 6.01 Å². The van der Waals surface area contributed by atoms with Crippen molar-refractivity contribution in [3.8, 4) is 6.01 Å². The van der Waals surface area contributed by atoms with E-state index >= 15 is 0 Å². The summed E-state index contributed by atoms with van der Waals surface area (Å²) in [5, 5.41) is 6.37. The molecule has 1 aromatic heterocycles. The van der Waals surface area contributed by atoms with Crippen LogP contribution in [0.4, 0.5) is 11.9 Å². The smallest absolute Gasteiger partial charge is 0.323 e. The molecule has 0 aromatic carbocycles. The monoisotopic (exact) mass is 237 g/mol. The van der Waals surface area contributed by atoms with Crippen molar-refractivity contribution < 1.29 is 4.74 Å². The Bertz CT molecular complexity index is 343. The van der Waals surface area contributed by atoms with Crippen molar-refractivity contribution in [1.82, 2.24) is 15.0 Å². The average Bonchev–Trinajstić information content (AvgIpc) is 2.24. The van der Waals surface area contributed by atoms with Crippen LogP contribution in [-0.2, 0) is 0 Å². The summed E-state index contributed by atoms with van der Waals surface area (Å²) in [4.78, 5) is 12.7. The van der Waals surface area contributed by atoms with Crippen LogP contribution in [-0.4, -0.2) is 34.1 Å². The molecular formula is C11H19N5O. The van der Waals surface area contributed by atoms with Gasteiger partial charge in [-0.15, -0.1) is 0 Å². The van der Waals surface area contributed by atoms with Gasteiger partial charge in [0.1, 0.15) is 0 Å². The second kappa shape index (κ2) is 5.65. The summed E-state index contributed by atoms with van der Waals surface area (Å²) in [6.45, 7) is 5.25. The Balaban J connectivity index is 2.10. The minimum atomic E-state index is 0.375. The van der Waals surface area contributed by atoms with Crippen LogP contribution < -0.4 is 15.4 Å². The van der Waals surface area contributed by atoms with E-state index in [1.165, 1.54) is 19.3 Å². The van der Waals surface area contributed by atoms with E-state index in [0.29, 0.717) is 30.6 Å². The molecule has 0 radical (unpaired) electrons. The van der Waals surface area contributed by atoms with Gasteiger partial charge in [-0.05, 0) is 33.1 Å². The lowest BCUT2D eigenvalue weighted by molar-refractivity contribution is 0.312. The first kappa shape index (κ1) is 11.9. The first-order valence-electron chi connectivity index (χ1n) is 6.21. The molecule has 6 nitrogen and oxygen atoms in total. The zero-order chi connectivity index (χ0) is 12.1. The maximum absolute atomic E-state index is 5.32. The van der Waals surface area contributed by atoms with Gasteiger partial charge < -0.3 is 15.4 Å². The van der Waals surface area contributed by atoms with E-state index < -0.39 is 0 Å². The molecule has 94 valence electrons. The standard InChI is InChI=1S/C11H19N5O/c1-3-12-9-14-10(13-8-6-5-7-8)16-11(15-9)17-4-2/h8H,3-7H2,1-2H3,(H2,12,13,14,15,16). The summed E-state index contributed by atoms with van der Waals surface area (Å²) < 4.78 is 5.32. The molecule has 0 amide bonds. The fourth-order valence-corrected chi connectivity index (χ4v) is 1.59. The van der Waals surface area contributed by atoms with Gasteiger partial charge in [-0.25, -0.2) is 0 Å². The molecule has 2 rings (SSSR count). The lowest BCUT2D eigenvalue weighted by Gasteiger charge is -2.26. The number of hydrogen-bond donors (Lipinski definition) is 2. The maximum atomic E-state index is 5.32. The number of nitrogens with zero attached hydrogens (tertiary/aromatic N) is 3. The summed E-state index contributed by atoms with van der Waals surface area (Å²) in [7, 11) is 0. The van der Waals surface area contributed by atoms with E-state index in [1.54, 1.807) is 0 Å². The first-order chi connectivity index (χ1) is 8.31. The van der Waals surface area contributed by atoms with Crippen LogP contribution >= 0.6 is 0 Å². The number of anilines is 2. The SMILES string of the molecule is CCNc1nc(NC2CCC2)nc(OCC)n1. The molecule has 1 aromatic rings. The van der Waals surface area contributed by atoms with Gasteiger partial charge in [0.2, 0.25) is 11.9 Å². The highest BCUT2D eigenvalue weighted by atomic mass is 16.5. The molecule has 0 bridgehead atoms. The Kier molecular flexibility index (Phi) is 3.95. The number of hydrogen-bond acceptors (Lipinski definition) is 6. The normalized spacial score (nSPS) is 15.2. The Morgan fingerprint density at radius 1 is 1.18 bits per heavy atom. The molecule has 0 unspecified atom stereocenters. The van der Waals surface area contributed by atoms with E-state index in [2.05, 4.69) is 25.6 Å². The molecule has 0 saturated heterocycles. The van der Waals surface area contributed by atoms with Crippen molar-refractivity contribution in [2.24, 2.45) is 0 Å². The fourth-order valence-electron chi connectivity index (χ4n) is 1.59. The molecule has 1 saturated carbocycles. The summed E-state index contributed by atoms with van der Waals surface area (Å²) >= 11 is 0. The molecule has 1 aliphatic rings. The topological polar surface area (TPSA) is 72.0 Å². The molecule has 0 aliphatic heterocycles. The maximum Gasteiger partial charge on any atom is 0.323 e. The van der Waals surface area contributed by atoms with Crippen LogP contribution in [0, 0.1) is 0 Å². The zero-order valence-electron chi connectivity index (χ0n) is 10.4. The second-order valence-electron chi connectivity index (χ2n) is 4.00. The van der Waals surface area contributed by atoms with E-state index in [0.717, 1.165) is 6.54 Å². The zero-order valence-corrected chi connectivity index (χ0v) is 10.4. The molecule has 1 heterocycles. The third-order valence-corrected chi connectivity index (χ3v) is 2.66. The minimum Gasteiger partial charge on any atom is -0.464 e. The molecule has 1 fully saturated rings. The third kappa shape index (κ3) is 3.18. The highest BCUT2D eigenvalue weighted by Crippen LogP contribution is 2.22. The summed E-state index contributed by atoms with van der Waals surface area (Å²) in [6, 6.07) is 0.877. The number of nitrogens with one attached hydrogen (secondary N) is 2. The van der Waals surface area contributed by atoms with Gasteiger partial charge >= 0.3 is 6.01 Å². The van der Waals surface area contributed by atoms with Gasteiger partial charge in [0.15, 0.2) is 0 Å². The summed E-state index contributed by atoms with van der Waals surface area (Å²) in [6.07, 6.45) is 3.65. The Morgan fingerprint density at radius 2 is 1.94 bits per heavy atom. The molecule has 1 aliphatic carbocycles. The van der Waals surface area contributed by atoms with Crippen molar-refractivity contribution in [3.05, 3.63) is 0 Å². The number of rotatable bonds is 6. The van der Waals surface area contributed by atoms with Crippen LogP contribution in [0.15, 0.2) is 0 Å². The average molecular weight is 237 g/mol. The van der Waals surface area contributed by atoms with E-state index in [9.17, 15) is 0 Å². The van der Waals surface area contributed by atoms with Gasteiger partial charge in [-0.3, -0.25) is 0 Å². The van der Waals surface area contributed by atoms with Gasteiger partial charge in [-0.1, -0.05) is 0 Å². The quantitative estimate of drug-likeness (QED) is 0.784. The van der Waals surface area contributed by atoms with E-state index in [4.69, 9.17) is 4.74 Å². The number of ether oxygens (including phenoxy) is 1. The summed E-state index contributed by atoms with van der Waals surface area (Å²) in [5.41, 5.74) is 0. The molecule has 17 heavy (non-hydrogen) atoms. The van der Waals surface area contributed by atoms with Crippen molar-refractivity contribution in [1.29, 1.82) is 0 Å². The van der Waals surface area contributed by atoms with Crippen LogP contribution in [0.2, 0.25) is 0 Å². The van der Waals surface area contributed by atoms with Crippen LogP contribution in [0.3, 0.4) is 0 Å². The van der Waals surface area contributed by atoms with Gasteiger partial charge in [0, 0.05) is 12.6 Å². The van der Waals surface area contributed by atoms with Gasteiger partial charge in [0.25, 0.3) is 0 Å². The Morgan fingerprint density at radius 3 is 2.53 bits per heavy atom. The van der Waals surface area contributed by atoms with E-state index in [-0.39, 0.29) is 0 Å². The van der Waals surface area contributed by atoms with Crippen LogP contribution in [0.1, 0.15) is 33.1 Å². The molecule has 0 atom stereocenters. The Labute approximate surface area is 101 Å². The minimum absolute atomic E-state index is 0.375. The third-order valence-electron chi connectivity index (χ3n) is 2.66. The molecule has 2 N–H and O–H groups in total. The van der Waals surface area contributed by atoms with Gasteiger partial charge in [-0.2, -0.15) is 15.0 Å². The highest BCUT2D eigenvalue weighted by molar-refractivity contribution is 5.36. The van der Waals surface area contributed by atoms with Crippen LogP contribution in [0.25, 0.3) is 0 Å². The lowest BCUT2D eigenvalue weighted by Crippen LogP contribution is -2.28. The fraction of sp³-hybridized carbons (Fsp3) is 0.727. The van der Waals surface area contributed by atoms with Crippen molar-refractivity contribution >= 4 is 11.9 Å². The molecule has 0 spiro atoms.